The molecule has 2 aliphatic heterocycles. The second-order valence-electron chi connectivity index (χ2n) is 6.66. The molecule has 1 aromatic rings. The Bertz CT molecular complexity index is 593. The highest BCUT2D eigenvalue weighted by Crippen LogP contribution is 2.29. The van der Waals surface area contributed by atoms with Crippen molar-refractivity contribution in [3.05, 3.63) is 35.4 Å². The van der Waals surface area contributed by atoms with Crippen molar-refractivity contribution < 1.29 is 22.7 Å². The molecule has 3 rings (SSSR count). The smallest absolute Gasteiger partial charge is 0.379 e. The Morgan fingerprint density at radius 2 is 1.42 bits per heavy atom. The number of ether oxygens (including phenoxy) is 1. The summed E-state index contributed by atoms with van der Waals surface area (Å²) in [6.07, 6.45) is -4.38. The first-order chi connectivity index (χ1) is 12.4. The fourth-order valence-corrected chi connectivity index (χ4v) is 3.27. The third-order valence-corrected chi connectivity index (χ3v) is 4.95. The number of hydrogen-bond acceptors (Lipinski definition) is 4. The third kappa shape index (κ3) is 4.96. The molecule has 5 nitrogen and oxygen atoms in total. The molecule has 0 saturated carbocycles. The van der Waals surface area contributed by atoms with E-state index in [1.807, 2.05) is 0 Å². The van der Waals surface area contributed by atoms with E-state index in [9.17, 15) is 18.0 Å². The van der Waals surface area contributed by atoms with Crippen LogP contribution < -0.4 is 0 Å². The lowest BCUT2D eigenvalue weighted by Crippen LogP contribution is -2.51. The molecule has 0 spiro atoms. The van der Waals surface area contributed by atoms with Gasteiger partial charge < -0.3 is 9.64 Å². The zero-order valence-electron chi connectivity index (χ0n) is 14.7. The van der Waals surface area contributed by atoms with E-state index in [-0.39, 0.29) is 5.91 Å². The van der Waals surface area contributed by atoms with Gasteiger partial charge in [0.05, 0.1) is 18.8 Å². The Hall–Kier alpha value is -1.64. The van der Waals surface area contributed by atoms with Gasteiger partial charge in [0.2, 0.25) is 0 Å². The molecular weight excluding hydrogens is 347 g/mol. The van der Waals surface area contributed by atoms with Gasteiger partial charge in [0, 0.05) is 57.9 Å². The number of piperazine rings is 1. The summed E-state index contributed by atoms with van der Waals surface area (Å²) in [5.74, 6) is -0.202. The van der Waals surface area contributed by atoms with Gasteiger partial charge in [0.25, 0.3) is 5.91 Å². The lowest BCUT2D eigenvalue weighted by molar-refractivity contribution is -0.137. The van der Waals surface area contributed by atoms with Crippen LogP contribution in [-0.2, 0) is 10.9 Å². The molecule has 0 unspecified atom stereocenters. The number of benzene rings is 1. The number of amides is 1. The van der Waals surface area contributed by atoms with Crippen molar-refractivity contribution in [3.63, 3.8) is 0 Å². The van der Waals surface area contributed by atoms with Crippen molar-refractivity contribution in [2.75, 3.05) is 65.6 Å². The van der Waals surface area contributed by atoms with Crippen LogP contribution in [0.1, 0.15) is 15.9 Å². The summed E-state index contributed by atoms with van der Waals surface area (Å²) < 4.78 is 43.2. The molecule has 2 fully saturated rings. The van der Waals surface area contributed by atoms with E-state index < -0.39 is 11.7 Å². The molecule has 1 amide bonds. The minimum atomic E-state index is -4.38. The monoisotopic (exact) mass is 371 g/mol. The lowest BCUT2D eigenvalue weighted by atomic mass is 10.1. The average Bonchev–Trinajstić information content (AvgIpc) is 2.66. The van der Waals surface area contributed by atoms with Gasteiger partial charge >= 0.3 is 6.18 Å². The number of morpholine rings is 1. The van der Waals surface area contributed by atoms with E-state index in [2.05, 4.69) is 9.80 Å². The van der Waals surface area contributed by atoms with Crippen LogP contribution >= 0.6 is 0 Å². The maximum atomic E-state index is 12.6. The van der Waals surface area contributed by atoms with Crippen LogP contribution in [0.5, 0.6) is 0 Å². The van der Waals surface area contributed by atoms with Gasteiger partial charge in [-0.1, -0.05) is 0 Å². The molecule has 8 heteroatoms. The molecule has 0 aliphatic carbocycles. The quantitative estimate of drug-likeness (QED) is 0.809. The first-order valence-electron chi connectivity index (χ1n) is 8.92. The Balaban J connectivity index is 1.45. The number of alkyl halides is 3. The molecule has 0 radical (unpaired) electrons. The van der Waals surface area contributed by atoms with E-state index in [0.717, 1.165) is 64.6 Å². The maximum absolute atomic E-state index is 12.6. The number of halogens is 3. The van der Waals surface area contributed by atoms with Crippen molar-refractivity contribution in [2.45, 2.75) is 6.18 Å². The Kier molecular flexibility index (Phi) is 6.16. The minimum absolute atomic E-state index is 0.202. The SMILES string of the molecule is O=C(c1ccc(C(F)(F)F)cc1)N1CCN(CCN2CCOCC2)CC1. The van der Waals surface area contributed by atoms with Crippen LogP contribution in [0.3, 0.4) is 0 Å². The van der Waals surface area contributed by atoms with Crippen molar-refractivity contribution in [2.24, 2.45) is 0 Å². The van der Waals surface area contributed by atoms with Gasteiger partial charge in [0.15, 0.2) is 0 Å². The highest BCUT2D eigenvalue weighted by atomic mass is 19.4. The minimum Gasteiger partial charge on any atom is -0.379 e. The van der Waals surface area contributed by atoms with E-state index in [1.54, 1.807) is 4.90 Å². The molecular formula is C18H24F3N3O2. The van der Waals surface area contributed by atoms with E-state index in [1.165, 1.54) is 12.1 Å². The number of hydrogen-bond donors (Lipinski definition) is 0. The van der Waals surface area contributed by atoms with Crippen molar-refractivity contribution in [3.8, 4) is 0 Å². The van der Waals surface area contributed by atoms with Gasteiger partial charge in [-0.3, -0.25) is 14.6 Å². The zero-order valence-corrected chi connectivity index (χ0v) is 14.7. The second kappa shape index (κ2) is 8.37. The predicted molar refractivity (Wildman–Crippen MR) is 91.0 cm³/mol. The Labute approximate surface area is 151 Å². The standard InChI is InChI=1S/C18H24F3N3O2/c19-18(20,21)16-3-1-15(2-4-16)17(25)24-9-7-22(8-10-24)5-6-23-11-13-26-14-12-23/h1-4H,5-14H2. The van der Waals surface area contributed by atoms with E-state index in [4.69, 9.17) is 4.74 Å². The number of rotatable bonds is 4. The zero-order chi connectivity index (χ0) is 18.6. The first-order valence-corrected chi connectivity index (χ1v) is 8.92. The summed E-state index contributed by atoms with van der Waals surface area (Å²) in [5, 5.41) is 0. The summed E-state index contributed by atoms with van der Waals surface area (Å²) in [7, 11) is 0. The molecule has 1 aromatic carbocycles. The number of carbonyl (C=O) groups excluding carboxylic acids is 1. The van der Waals surface area contributed by atoms with Gasteiger partial charge in [-0.25, -0.2) is 0 Å². The lowest BCUT2D eigenvalue weighted by Gasteiger charge is -2.36. The Morgan fingerprint density at radius 3 is 1.96 bits per heavy atom. The molecule has 0 N–H and O–H groups in total. The van der Waals surface area contributed by atoms with Gasteiger partial charge in [0.1, 0.15) is 0 Å². The average molecular weight is 371 g/mol. The molecule has 144 valence electrons. The predicted octanol–water partition coefficient (Wildman–Crippen LogP) is 1.80. The molecule has 2 saturated heterocycles. The van der Waals surface area contributed by atoms with Crippen LogP contribution in [0.2, 0.25) is 0 Å². The summed E-state index contributed by atoms with van der Waals surface area (Å²) in [5.41, 5.74) is -0.429. The van der Waals surface area contributed by atoms with Crippen LogP contribution in [0.25, 0.3) is 0 Å². The van der Waals surface area contributed by atoms with Crippen molar-refractivity contribution in [1.82, 2.24) is 14.7 Å². The second-order valence-corrected chi connectivity index (χ2v) is 6.66. The fraction of sp³-hybridized carbons (Fsp3) is 0.611. The largest absolute Gasteiger partial charge is 0.416 e. The molecule has 0 aromatic heterocycles. The van der Waals surface area contributed by atoms with Gasteiger partial charge in [-0.05, 0) is 24.3 Å². The topological polar surface area (TPSA) is 36.0 Å². The fourth-order valence-electron chi connectivity index (χ4n) is 3.27. The highest BCUT2D eigenvalue weighted by Gasteiger charge is 2.30. The molecule has 0 atom stereocenters. The summed E-state index contributed by atoms with van der Waals surface area (Å²) in [6, 6.07) is 4.45. The summed E-state index contributed by atoms with van der Waals surface area (Å²) in [4.78, 5) is 18.9. The Morgan fingerprint density at radius 1 is 0.885 bits per heavy atom. The highest BCUT2D eigenvalue weighted by molar-refractivity contribution is 5.94. The van der Waals surface area contributed by atoms with E-state index >= 15 is 0 Å². The van der Waals surface area contributed by atoms with Crippen LogP contribution in [-0.4, -0.2) is 86.2 Å². The van der Waals surface area contributed by atoms with Crippen LogP contribution in [0.4, 0.5) is 13.2 Å². The van der Waals surface area contributed by atoms with Crippen molar-refractivity contribution >= 4 is 5.91 Å². The number of nitrogens with zero attached hydrogens (tertiary/aromatic N) is 3. The normalized spacial score (nSPS) is 20.3. The molecule has 2 heterocycles. The van der Waals surface area contributed by atoms with Crippen LogP contribution in [0.15, 0.2) is 24.3 Å². The molecule has 0 bridgehead atoms. The third-order valence-electron chi connectivity index (χ3n) is 4.95. The van der Waals surface area contributed by atoms with Gasteiger partial charge in [-0.15, -0.1) is 0 Å². The summed E-state index contributed by atoms with van der Waals surface area (Å²) in [6.45, 7) is 8.24. The maximum Gasteiger partial charge on any atom is 0.416 e. The molecule has 26 heavy (non-hydrogen) atoms. The van der Waals surface area contributed by atoms with Crippen molar-refractivity contribution in [1.29, 1.82) is 0 Å². The number of carbonyl (C=O) groups is 1. The van der Waals surface area contributed by atoms with Gasteiger partial charge in [-0.2, -0.15) is 13.2 Å². The first kappa shape index (κ1) is 19.1. The van der Waals surface area contributed by atoms with Crippen LogP contribution in [0, 0.1) is 0 Å². The summed E-state index contributed by atoms with van der Waals surface area (Å²) >= 11 is 0. The molecule has 2 aliphatic rings. The van der Waals surface area contributed by atoms with E-state index in [0.29, 0.717) is 18.7 Å².